The number of benzene rings is 2. The minimum absolute atomic E-state index is 0.342. The van der Waals surface area contributed by atoms with E-state index in [0.717, 1.165) is 10.6 Å². The molecule has 102 valence electrons. The van der Waals surface area contributed by atoms with Crippen LogP contribution in [0.2, 0.25) is 0 Å². The second-order valence-corrected chi connectivity index (χ2v) is 4.85. The van der Waals surface area contributed by atoms with Crippen molar-refractivity contribution in [3.63, 3.8) is 0 Å². The summed E-state index contributed by atoms with van der Waals surface area (Å²) < 4.78 is 27.1. The van der Waals surface area contributed by atoms with Crippen molar-refractivity contribution in [2.45, 2.75) is 4.90 Å². The number of hydrogen-bond donors (Lipinski definition) is 1. The molecule has 2 aromatic carbocycles. The highest BCUT2D eigenvalue weighted by Crippen LogP contribution is 2.32. The lowest BCUT2D eigenvalue weighted by molar-refractivity contribution is 0.405. The number of anilines is 1. The van der Waals surface area contributed by atoms with Gasteiger partial charge in [-0.3, -0.25) is 0 Å². The van der Waals surface area contributed by atoms with Gasteiger partial charge in [-0.05, 0) is 36.2 Å². The molecule has 3 rings (SSSR count). The van der Waals surface area contributed by atoms with E-state index in [2.05, 4.69) is 9.88 Å². The molecule has 0 fully saturated rings. The van der Waals surface area contributed by atoms with Crippen molar-refractivity contribution in [2.24, 2.45) is 0 Å². The molecule has 0 radical (unpaired) electrons. The lowest BCUT2D eigenvalue weighted by Crippen LogP contribution is -1.91. The van der Waals surface area contributed by atoms with Crippen molar-refractivity contribution in [3.05, 3.63) is 48.3 Å². The van der Waals surface area contributed by atoms with Crippen LogP contribution in [0.15, 0.2) is 51.9 Å². The molecule has 0 saturated heterocycles. The Labute approximate surface area is 119 Å². The highest BCUT2D eigenvalue weighted by molar-refractivity contribution is 8.00. The van der Waals surface area contributed by atoms with Crippen LogP contribution in [0.5, 0.6) is 5.75 Å². The average Bonchev–Trinajstić information content (AvgIpc) is 2.90. The quantitative estimate of drug-likeness (QED) is 0.733. The van der Waals surface area contributed by atoms with Gasteiger partial charge in [-0.1, -0.05) is 23.4 Å². The minimum Gasteiger partial charge on any atom is -0.496 e. The van der Waals surface area contributed by atoms with Crippen molar-refractivity contribution >= 4 is 28.7 Å². The number of nitrogens with one attached hydrogen (secondary N) is 1. The fourth-order valence-electron chi connectivity index (χ4n) is 1.83. The van der Waals surface area contributed by atoms with E-state index in [0.29, 0.717) is 16.8 Å². The van der Waals surface area contributed by atoms with Gasteiger partial charge >= 0.3 is 0 Å². The fraction of sp³-hybridized carbons (Fsp3) is 0.0714. The molecule has 0 aliphatic heterocycles. The normalized spacial score (nSPS) is 10.7. The number of rotatable bonds is 4. The maximum absolute atomic E-state index is 13.8. The molecule has 20 heavy (non-hydrogen) atoms. The number of halogens is 1. The molecule has 0 saturated carbocycles. The van der Waals surface area contributed by atoms with Gasteiger partial charge in [0.1, 0.15) is 17.0 Å². The highest BCUT2D eigenvalue weighted by atomic mass is 32.2. The van der Waals surface area contributed by atoms with E-state index >= 15 is 0 Å². The van der Waals surface area contributed by atoms with Gasteiger partial charge in [0.05, 0.1) is 12.0 Å². The summed E-state index contributed by atoms with van der Waals surface area (Å²) in [5.41, 5.74) is 0.410. The molecule has 1 N–H and O–H groups in total. The van der Waals surface area contributed by atoms with Crippen molar-refractivity contribution < 1.29 is 13.7 Å². The summed E-state index contributed by atoms with van der Waals surface area (Å²) >= 11 is 1.29. The Hall–Kier alpha value is -2.21. The molecule has 1 aromatic heterocycles. The average molecular weight is 290 g/mol. The Kier molecular flexibility index (Phi) is 3.47. The van der Waals surface area contributed by atoms with Gasteiger partial charge < -0.3 is 14.0 Å². The second-order valence-electron chi connectivity index (χ2n) is 4.00. The van der Waals surface area contributed by atoms with Gasteiger partial charge in [0.2, 0.25) is 0 Å². The van der Waals surface area contributed by atoms with E-state index < -0.39 is 0 Å². The zero-order chi connectivity index (χ0) is 13.9. The largest absolute Gasteiger partial charge is 0.496 e. The van der Waals surface area contributed by atoms with Crippen LogP contribution in [-0.2, 0) is 0 Å². The number of para-hydroxylation sites is 1. The number of ether oxygens (including phenoxy) is 1. The van der Waals surface area contributed by atoms with Crippen LogP contribution >= 0.6 is 11.9 Å². The van der Waals surface area contributed by atoms with Gasteiger partial charge in [-0.25, -0.2) is 4.39 Å². The third kappa shape index (κ3) is 2.30. The van der Waals surface area contributed by atoms with Crippen molar-refractivity contribution in [2.75, 3.05) is 11.8 Å². The van der Waals surface area contributed by atoms with E-state index in [1.807, 2.05) is 24.3 Å². The van der Waals surface area contributed by atoms with E-state index in [9.17, 15) is 4.39 Å². The molecule has 3 aromatic rings. The first-order valence-corrected chi connectivity index (χ1v) is 6.71. The van der Waals surface area contributed by atoms with E-state index in [4.69, 9.17) is 9.26 Å². The van der Waals surface area contributed by atoms with Crippen LogP contribution < -0.4 is 9.46 Å². The molecule has 6 heteroatoms. The topological polar surface area (TPSA) is 47.3 Å². The Morgan fingerprint density at radius 1 is 1.20 bits per heavy atom. The van der Waals surface area contributed by atoms with Gasteiger partial charge in [0.15, 0.2) is 11.4 Å². The standard InChI is InChI=1S/C14H11FN2O2S/c1-18-10-6-2-3-8-12(10)20-17-14-13-9(15)5-4-7-11(13)19-16-14/h2-8H,1H3,(H,16,17). The number of fused-ring (bicyclic) bond motifs is 1. The zero-order valence-corrected chi connectivity index (χ0v) is 11.4. The summed E-state index contributed by atoms with van der Waals surface area (Å²) in [6, 6.07) is 12.2. The monoisotopic (exact) mass is 290 g/mol. The Morgan fingerprint density at radius 2 is 2.05 bits per heavy atom. The van der Waals surface area contributed by atoms with E-state index in [1.54, 1.807) is 19.2 Å². The summed E-state index contributed by atoms with van der Waals surface area (Å²) in [4.78, 5) is 0.877. The van der Waals surface area contributed by atoms with Gasteiger partial charge in [0, 0.05) is 0 Å². The van der Waals surface area contributed by atoms with Crippen molar-refractivity contribution in [3.8, 4) is 5.75 Å². The molecule has 0 bridgehead atoms. The third-order valence-electron chi connectivity index (χ3n) is 2.77. The molecular weight excluding hydrogens is 279 g/mol. The fourth-order valence-corrected chi connectivity index (χ4v) is 2.57. The first-order valence-electron chi connectivity index (χ1n) is 5.89. The molecule has 4 nitrogen and oxygen atoms in total. The number of methoxy groups -OCH3 is 1. The van der Waals surface area contributed by atoms with Crippen LogP contribution in [0, 0.1) is 5.82 Å². The molecule has 1 heterocycles. The number of aromatic nitrogens is 1. The number of nitrogens with zero attached hydrogens (tertiary/aromatic N) is 1. The second kappa shape index (κ2) is 5.42. The predicted octanol–water partition coefficient (Wildman–Crippen LogP) is 4.09. The molecule has 0 aliphatic rings. The summed E-state index contributed by atoms with van der Waals surface area (Å²) in [5, 5.41) is 4.18. The van der Waals surface area contributed by atoms with Gasteiger partial charge in [0.25, 0.3) is 0 Å². The minimum atomic E-state index is -0.369. The lowest BCUT2D eigenvalue weighted by Gasteiger charge is -2.07. The summed E-state index contributed by atoms with van der Waals surface area (Å²) in [7, 11) is 1.60. The first kappa shape index (κ1) is 12.8. The summed E-state index contributed by atoms with van der Waals surface area (Å²) in [6.45, 7) is 0. The maximum Gasteiger partial charge on any atom is 0.190 e. The van der Waals surface area contributed by atoms with Gasteiger partial charge in [-0.15, -0.1) is 0 Å². The van der Waals surface area contributed by atoms with Crippen LogP contribution in [0.3, 0.4) is 0 Å². The molecule has 0 aliphatic carbocycles. The molecule has 0 unspecified atom stereocenters. The summed E-state index contributed by atoms with van der Waals surface area (Å²) in [5.74, 6) is 0.721. The maximum atomic E-state index is 13.8. The SMILES string of the molecule is COc1ccccc1SNc1noc2cccc(F)c12. The van der Waals surface area contributed by atoms with Crippen LogP contribution in [-0.4, -0.2) is 12.3 Å². The Balaban J connectivity index is 1.87. The Bertz CT molecular complexity index is 745. The van der Waals surface area contributed by atoms with Crippen molar-refractivity contribution in [1.82, 2.24) is 5.16 Å². The molecule has 0 atom stereocenters. The van der Waals surface area contributed by atoms with Crippen molar-refractivity contribution in [1.29, 1.82) is 0 Å². The summed E-state index contributed by atoms with van der Waals surface area (Å²) in [6.07, 6.45) is 0. The van der Waals surface area contributed by atoms with E-state index in [-0.39, 0.29) is 5.82 Å². The van der Waals surface area contributed by atoms with Crippen LogP contribution in [0.25, 0.3) is 11.0 Å². The Morgan fingerprint density at radius 3 is 2.90 bits per heavy atom. The number of hydrogen-bond acceptors (Lipinski definition) is 5. The third-order valence-corrected chi connectivity index (χ3v) is 3.63. The molecule has 0 spiro atoms. The zero-order valence-electron chi connectivity index (χ0n) is 10.6. The molecule has 0 amide bonds. The van der Waals surface area contributed by atoms with Gasteiger partial charge in [-0.2, -0.15) is 0 Å². The van der Waals surface area contributed by atoms with E-state index in [1.165, 1.54) is 18.0 Å². The highest BCUT2D eigenvalue weighted by Gasteiger charge is 2.13. The molecular formula is C14H11FN2O2S. The smallest absolute Gasteiger partial charge is 0.190 e. The first-order chi connectivity index (χ1) is 9.79. The predicted molar refractivity (Wildman–Crippen MR) is 76.4 cm³/mol. The van der Waals surface area contributed by atoms with Crippen LogP contribution in [0.1, 0.15) is 0 Å². The lowest BCUT2D eigenvalue weighted by atomic mass is 10.2. The van der Waals surface area contributed by atoms with Crippen LogP contribution in [0.4, 0.5) is 10.2 Å².